The molecule has 0 unspecified atom stereocenters. The second-order valence-electron chi connectivity index (χ2n) is 6.18. The molecule has 0 aliphatic rings. The molecule has 9 heteroatoms. The Balaban J connectivity index is 1.93. The summed E-state index contributed by atoms with van der Waals surface area (Å²) in [6.07, 6.45) is 1.46. The molecule has 8 nitrogen and oxygen atoms in total. The maximum Gasteiger partial charge on any atom is 0.269 e. The van der Waals surface area contributed by atoms with Crippen LogP contribution in [0.4, 0.5) is 5.69 Å². The third kappa shape index (κ3) is 5.01. The normalized spacial score (nSPS) is 11.5. The lowest BCUT2D eigenvalue weighted by Gasteiger charge is -2.21. The molecule has 2 aromatic carbocycles. The highest BCUT2D eigenvalue weighted by molar-refractivity contribution is 7.89. The maximum absolute atomic E-state index is 13.3. The Morgan fingerprint density at radius 1 is 1.07 bits per heavy atom. The molecule has 0 atom stereocenters. The number of hydrogen-bond donors (Lipinski definition) is 0. The second-order valence-corrected chi connectivity index (χ2v) is 8.12. The first kappa shape index (κ1) is 20.6. The van der Waals surface area contributed by atoms with Crippen LogP contribution in [0, 0.1) is 10.1 Å². The Bertz CT molecular complexity index is 1060. The molecule has 29 heavy (non-hydrogen) atoms. The van der Waals surface area contributed by atoms with E-state index in [2.05, 4.69) is 0 Å². The Hall–Kier alpha value is -3.17. The highest BCUT2D eigenvalue weighted by Crippen LogP contribution is 2.24. The molecule has 3 rings (SSSR count). The lowest BCUT2D eigenvalue weighted by Crippen LogP contribution is -2.30. The van der Waals surface area contributed by atoms with Gasteiger partial charge in [-0.2, -0.15) is 4.31 Å². The Kier molecular flexibility index (Phi) is 6.30. The molecule has 0 aliphatic carbocycles. The molecule has 0 N–H and O–H groups in total. The molecule has 152 valence electrons. The minimum Gasteiger partial charge on any atom is -0.494 e. The van der Waals surface area contributed by atoms with E-state index in [0.29, 0.717) is 23.7 Å². The van der Waals surface area contributed by atoms with Crippen LogP contribution >= 0.6 is 0 Å². The highest BCUT2D eigenvalue weighted by atomic mass is 32.2. The molecular weight excluding hydrogens is 396 g/mol. The van der Waals surface area contributed by atoms with Crippen molar-refractivity contribution in [3.8, 4) is 5.75 Å². The van der Waals surface area contributed by atoms with Gasteiger partial charge in [0.05, 0.1) is 29.2 Å². The predicted octanol–water partition coefficient (Wildman–Crippen LogP) is 3.98. The molecule has 0 radical (unpaired) electrons. The van der Waals surface area contributed by atoms with Gasteiger partial charge >= 0.3 is 0 Å². The first-order valence-electron chi connectivity index (χ1n) is 8.89. The van der Waals surface area contributed by atoms with Gasteiger partial charge in [-0.3, -0.25) is 10.1 Å². The van der Waals surface area contributed by atoms with Gasteiger partial charge in [0.15, 0.2) is 0 Å². The van der Waals surface area contributed by atoms with Crippen LogP contribution in [0.2, 0.25) is 0 Å². The SMILES string of the molecule is CCOc1ccc(S(=O)(=O)N(Cc2cccc([N+](=O)[O-])c2)Cc2ccco2)cc1. The summed E-state index contributed by atoms with van der Waals surface area (Å²) in [5.41, 5.74) is 0.402. The van der Waals surface area contributed by atoms with E-state index in [1.807, 2.05) is 6.92 Å². The molecule has 3 aromatic rings. The van der Waals surface area contributed by atoms with E-state index in [9.17, 15) is 18.5 Å². The number of benzene rings is 2. The molecule has 0 saturated heterocycles. The molecular formula is C20H20N2O6S. The van der Waals surface area contributed by atoms with E-state index < -0.39 is 14.9 Å². The molecule has 1 heterocycles. The minimum absolute atomic E-state index is 0.00869. The molecule has 0 fully saturated rings. The number of ether oxygens (including phenoxy) is 1. The summed E-state index contributed by atoms with van der Waals surface area (Å²) in [5, 5.41) is 11.0. The van der Waals surface area contributed by atoms with Crippen molar-refractivity contribution in [3.63, 3.8) is 0 Å². The molecule has 0 saturated carbocycles. The molecule has 0 aliphatic heterocycles. The number of nitro benzene ring substituents is 1. The molecule has 0 bridgehead atoms. The monoisotopic (exact) mass is 416 g/mol. The van der Waals surface area contributed by atoms with Crippen molar-refractivity contribution < 1.29 is 22.5 Å². The van der Waals surface area contributed by atoms with Gasteiger partial charge in [0.25, 0.3) is 5.69 Å². The van der Waals surface area contributed by atoms with Gasteiger partial charge in [0, 0.05) is 18.7 Å². The summed E-state index contributed by atoms with van der Waals surface area (Å²) in [6, 6.07) is 15.4. The zero-order chi connectivity index (χ0) is 20.9. The first-order valence-corrected chi connectivity index (χ1v) is 10.3. The topological polar surface area (TPSA) is 103 Å². The number of rotatable bonds is 9. The summed E-state index contributed by atoms with van der Waals surface area (Å²) in [5.74, 6) is 1.03. The van der Waals surface area contributed by atoms with Crippen LogP contribution in [0.25, 0.3) is 0 Å². The predicted molar refractivity (Wildman–Crippen MR) is 106 cm³/mol. The number of nitrogens with zero attached hydrogens (tertiary/aromatic N) is 2. The fraction of sp³-hybridized carbons (Fsp3) is 0.200. The van der Waals surface area contributed by atoms with Gasteiger partial charge in [0.2, 0.25) is 10.0 Å². The van der Waals surface area contributed by atoms with Gasteiger partial charge in [-0.05, 0) is 48.9 Å². The van der Waals surface area contributed by atoms with E-state index in [1.165, 1.54) is 40.9 Å². The van der Waals surface area contributed by atoms with Crippen LogP contribution in [0.1, 0.15) is 18.2 Å². The van der Waals surface area contributed by atoms with Gasteiger partial charge in [-0.15, -0.1) is 0 Å². The van der Waals surface area contributed by atoms with Crippen molar-refractivity contribution in [2.45, 2.75) is 24.9 Å². The van der Waals surface area contributed by atoms with Crippen LogP contribution in [-0.2, 0) is 23.1 Å². The third-order valence-corrected chi connectivity index (χ3v) is 5.97. The molecule has 0 spiro atoms. The van der Waals surface area contributed by atoms with Crippen molar-refractivity contribution >= 4 is 15.7 Å². The minimum atomic E-state index is -3.89. The zero-order valence-electron chi connectivity index (χ0n) is 15.7. The Morgan fingerprint density at radius 2 is 1.83 bits per heavy atom. The highest BCUT2D eigenvalue weighted by Gasteiger charge is 2.26. The fourth-order valence-corrected chi connectivity index (χ4v) is 4.19. The average Bonchev–Trinajstić information content (AvgIpc) is 3.21. The van der Waals surface area contributed by atoms with E-state index in [1.54, 1.807) is 30.3 Å². The summed E-state index contributed by atoms with van der Waals surface area (Å²) < 4.78 is 38.4. The van der Waals surface area contributed by atoms with Crippen LogP contribution in [-0.4, -0.2) is 24.3 Å². The Labute approximate surface area is 168 Å². The smallest absolute Gasteiger partial charge is 0.269 e. The summed E-state index contributed by atoms with van der Waals surface area (Å²) in [6.45, 7) is 2.27. The maximum atomic E-state index is 13.3. The van der Waals surface area contributed by atoms with Crippen molar-refractivity contribution in [2.24, 2.45) is 0 Å². The fourth-order valence-electron chi connectivity index (χ4n) is 2.80. The van der Waals surface area contributed by atoms with E-state index in [0.717, 1.165) is 0 Å². The van der Waals surface area contributed by atoms with Gasteiger partial charge in [0.1, 0.15) is 11.5 Å². The lowest BCUT2D eigenvalue weighted by molar-refractivity contribution is -0.384. The first-order chi connectivity index (χ1) is 13.9. The van der Waals surface area contributed by atoms with Crippen molar-refractivity contribution in [1.82, 2.24) is 4.31 Å². The van der Waals surface area contributed by atoms with Crippen molar-refractivity contribution in [1.29, 1.82) is 0 Å². The van der Waals surface area contributed by atoms with Crippen molar-refractivity contribution in [2.75, 3.05) is 6.61 Å². The van der Waals surface area contributed by atoms with Gasteiger partial charge in [-0.25, -0.2) is 8.42 Å². The van der Waals surface area contributed by atoms with E-state index in [-0.39, 0.29) is 23.7 Å². The number of nitro groups is 1. The van der Waals surface area contributed by atoms with E-state index in [4.69, 9.17) is 9.15 Å². The Morgan fingerprint density at radius 3 is 2.45 bits per heavy atom. The van der Waals surface area contributed by atoms with Gasteiger partial charge in [-0.1, -0.05) is 12.1 Å². The van der Waals surface area contributed by atoms with Crippen molar-refractivity contribution in [3.05, 3.63) is 88.4 Å². The van der Waals surface area contributed by atoms with Crippen LogP contribution in [0.15, 0.2) is 76.2 Å². The molecule has 0 amide bonds. The number of hydrogen-bond acceptors (Lipinski definition) is 6. The van der Waals surface area contributed by atoms with Crippen LogP contribution < -0.4 is 4.74 Å². The largest absolute Gasteiger partial charge is 0.494 e. The number of furan rings is 1. The average molecular weight is 416 g/mol. The standard InChI is InChI=1S/C20H20N2O6S/c1-2-27-18-8-10-20(11-9-18)29(25,26)21(15-19-7-4-12-28-19)14-16-5-3-6-17(13-16)22(23)24/h3-13H,2,14-15H2,1H3. The lowest BCUT2D eigenvalue weighted by atomic mass is 10.2. The van der Waals surface area contributed by atoms with Crippen LogP contribution in [0.3, 0.4) is 0 Å². The number of sulfonamides is 1. The molecule has 1 aromatic heterocycles. The summed E-state index contributed by atoms with van der Waals surface area (Å²) in [7, 11) is -3.89. The van der Waals surface area contributed by atoms with E-state index >= 15 is 0 Å². The summed E-state index contributed by atoms with van der Waals surface area (Å²) >= 11 is 0. The van der Waals surface area contributed by atoms with Crippen LogP contribution in [0.5, 0.6) is 5.75 Å². The second kappa shape index (κ2) is 8.89. The number of non-ortho nitro benzene ring substituents is 1. The zero-order valence-corrected chi connectivity index (χ0v) is 16.5. The quantitative estimate of drug-likeness (QED) is 0.386. The summed E-state index contributed by atoms with van der Waals surface area (Å²) in [4.78, 5) is 10.6. The third-order valence-electron chi connectivity index (χ3n) is 4.17. The van der Waals surface area contributed by atoms with Gasteiger partial charge < -0.3 is 9.15 Å².